The van der Waals surface area contributed by atoms with Crippen LogP contribution in [0.5, 0.6) is 11.5 Å². The van der Waals surface area contributed by atoms with Gasteiger partial charge in [-0.15, -0.1) is 0 Å². The number of hydrogen-bond donors (Lipinski definition) is 1. The Hall–Kier alpha value is -3.68. The number of carbonyl (C=O) groups is 1. The first kappa shape index (κ1) is 17.7. The Bertz CT molecular complexity index is 1140. The van der Waals surface area contributed by atoms with Crippen molar-refractivity contribution in [1.82, 2.24) is 15.2 Å². The van der Waals surface area contributed by atoms with E-state index in [2.05, 4.69) is 15.6 Å². The van der Waals surface area contributed by atoms with Crippen LogP contribution in [0.4, 0.5) is 0 Å². The molecule has 1 amide bonds. The van der Waals surface area contributed by atoms with Gasteiger partial charge in [-0.1, -0.05) is 18.2 Å². The molecule has 142 valence electrons. The van der Waals surface area contributed by atoms with Crippen molar-refractivity contribution < 1.29 is 14.3 Å². The first-order valence-corrected chi connectivity index (χ1v) is 8.90. The third-order valence-electron chi connectivity index (χ3n) is 4.33. The lowest BCUT2D eigenvalue weighted by Crippen LogP contribution is -2.28. The highest BCUT2D eigenvalue weighted by Gasteiger charge is 2.16. The highest BCUT2D eigenvalue weighted by atomic mass is 16.6. The third kappa shape index (κ3) is 3.32. The summed E-state index contributed by atoms with van der Waals surface area (Å²) in [6.07, 6.45) is 1.51. The quantitative estimate of drug-likeness (QED) is 0.553. The van der Waals surface area contributed by atoms with Gasteiger partial charge in [0.25, 0.3) is 11.5 Å². The summed E-state index contributed by atoms with van der Waals surface area (Å²) in [6, 6.07) is 12.3. The van der Waals surface area contributed by atoms with Crippen molar-refractivity contribution in [2.75, 3.05) is 13.2 Å². The van der Waals surface area contributed by atoms with Crippen LogP contribution in [0.25, 0.3) is 10.8 Å². The van der Waals surface area contributed by atoms with Crippen molar-refractivity contribution in [2.24, 2.45) is 5.10 Å². The van der Waals surface area contributed by atoms with Gasteiger partial charge in [0.05, 0.1) is 11.6 Å². The highest BCUT2D eigenvalue weighted by Crippen LogP contribution is 2.30. The number of ether oxygens (including phenoxy) is 2. The summed E-state index contributed by atoms with van der Waals surface area (Å²) in [5, 5.41) is 9.12. The van der Waals surface area contributed by atoms with Crippen molar-refractivity contribution in [3.63, 3.8) is 0 Å². The summed E-state index contributed by atoms with van der Waals surface area (Å²) in [5.74, 6) is 0.835. The number of hydrogen-bond acceptors (Lipinski definition) is 6. The van der Waals surface area contributed by atoms with Crippen molar-refractivity contribution in [3.05, 3.63) is 64.1 Å². The molecule has 0 radical (unpaired) electrons. The van der Waals surface area contributed by atoms with Crippen molar-refractivity contribution in [2.45, 2.75) is 13.5 Å². The van der Waals surface area contributed by atoms with E-state index in [1.54, 1.807) is 43.3 Å². The molecule has 0 saturated carbocycles. The van der Waals surface area contributed by atoms with Crippen LogP contribution < -0.4 is 20.5 Å². The minimum absolute atomic E-state index is 0.149. The number of nitrogens with one attached hydrogen (secondary N) is 1. The van der Waals surface area contributed by atoms with Gasteiger partial charge in [0.2, 0.25) is 0 Å². The van der Waals surface area contributed by atoms with Crippen molar-refractivity contribution in [1.29, 1.82) is 0 Å². The van der Waals surface area contributed by atoms with Crippen LogP contribution in [0.2, 0.25) is 0 Å². The lowest BCUT2D eigenvalue weighted by atomic mass is 10.1. The molecule has 4 rings (SSSR count). The van der Waals surface area contributed by atoms with Crippen LogP contribution in [-0.4, -0.2) is 35.1 Å². The lowest BCUT2D eigenvalue weighted by Gasteiger charge is -2.18. The molecule has 28 heavy (non-hydrogen) atoms. The second-order valence-corrected chi connectivity index (χ2v) is 6.12. The number of rotatable bonds is 4. The summed E-state index contributed by atoms with van der Waals surface area (Å²) < 4.78 is 12.3. The SMILES string of the molecule is CCn1nc(C(=O)N/N=C/c2ccc3c(c2)OCCO3)c2ccccc2c1=O. The predicted molar refractivity (Wildman–Crippen MR) is 104 cm³/mol. The summed E-state index contributed by atoms with van der Waals surface area (Å²) in [6.45, 7) is 3.18. The first-order valence-electron chi connectivity index (χ1n) is 8.90. The molecule has 8 heteroatoms. The van der Waals surface area contributed by atoms with E-state index in [0.717, 1.165) is 5.56 Å². The normalized spacial score (nSPS) is 13.0. The number of aromatic nitrogens is 2. The Kier molecular flexibility index (Phi) is 4.76. The second-order valence-electron chi connectivity index (χ2n) is 6.12. The Labute approximate surface area is 160 Å². The largest absolute Gasteiger partial charge is 0.486 e. The van der Waals surface area contributed by atoms with Gasteiger partial charge in [0.1, 0.15) is 13.2 Å². The zero-order chi connectivity index (χ0) is 19.5. The molecule has 1 aromatic heterocycles. The zero-order valence-corrected chi connectivity index (χ0v) is 15.2. The summed E-state index contributed by atoms with van der Waals surface area (Å²) >= 11 is 0. The van der Waals surface area contributed by atoms with Crippen LogP contribution in [-0.2, 0) is 6.54 Å². The topological polar surface area (TPSA) is 94.8 Å². The van der Waals surface area contributed by atoms with E-state index in [4.69, 9.17) is 9.47 Å². The molecule has 3 aromatic rings. The minimum atomic E-state index is -0.493. The molecule has 0 aliphatic carbocycles. The standard InChI is InChI=1S/C20H18N4O4/c1-2-24-20(26)15-6-4-3-5-14(15)18(23-24)19(25)22-21-12-13-7-8-16-17(11-13)28-10-9-27-16/h3-8,11-12H,2,9-10H2,1H3,(H,22,25)/b21-12+. The van der Waals surface area contributed by atoms with E-state index in [0.29, 0.717) is 42.0 Å². The zero-order valence-electron chi connectivity index (χ0n) is 15.2. The first-order chi connectivity index (χ1) is 13.7. The average Bonchev–Trinajstić information content (AvgIpc) is 2.74. The van der Waals surface area contributed by atoms with E-state index < -0.39 is 5.91 Å². The number of nitrogens with zero attached hydrogens (tertiary/aromatic N) is 3. The molecule has 0 unspecified atom stereocenters. The van der Waals surface area contributed by atoms with Crippen molar-refractivity contribution in [3.8, 4) is 11.5 Å². The van der Waals surface area contributed by atoms with Crippen LogP contribution >= 0.6 is 0 Å². The Balaban J connectivity index is 1.58. The molecule has 0 bridgehead atoms. The molecule has 1 aliphatic heterocycles. The smallest absolute Gasteiger partial charge is 0.292 e. The molecular weight excluding hydrogens is 360 g/mol. The van der Waals surface area contributed by atoms with Crippen LogP contribution in [0.15, 0.2) is 52.4 Å². The Morgan fingerprint density at radius 2 is 1.93 bits per heavy atom. The molecular formula is C20H18N4O4. The molecule has 8 nitrogen and oxygen atoms in total. The van der Waals surface area contributed by atoms with Gasteiger partial charge in [0, 0.05) is 11.9 Å². The number of hydrazone groups is 1. The Morgan fingerprint density at radius 3 is 2.71 bits per heavy atom. The minimum Gasteiger partial charge on any atom is -0.486 e. The molecule has 0 saturated heterocycles. The summed E-state index contributed by atoms with van der Waals surface area (Å²) in [4.78, 5) is 25.0. The Morgan fingerprint density at radius 1 is 1.18 bits per heavy atom. The molecule has 0 atom stereocenters. The molecule has 2 aromatic carbocycles. The van der Waals surface area contributed by atoms with E-state index >= 15 is 0 Å². The van der Waals surface area contributed by atoms with Crippen LogP contribution in [0, 0.1) is 0 Å². The van der Waals surface area contributed by atoms with Crippen molar-refractivity contribution >= 4 is 22.9 Å². The number of carbonyl (C=O) groups excluding carboxylic acids is 1. The molecule has 2 heterocycles. The molecule has 0 spiro atoms. The number of aryl methyl sites for hydroxylation is 1. The second kappa shape index (κ2) is 7.51. The number of fused-ring (bicyclic) bond motifs is 2. The van der Waals surface area contributed by atoms with E-state index in [9.17, 15) is 9.59 Å². The predicted octanol–water partition coefficient (Wildman–Crippen LogP) is 1.95. The summed E-state index contributed by atoms with van der Waals surface area (Å²) in [7, 11) is 0. The third-order valence-corrected chi connectivity index (χ3v) is 4.33. The van der Waals surface area contributed by atoms with Gasteiger partial charge >= 0.3 is 0 Å². The van der Waals surface area contributed by atoms with E-state index in [1.165, 1.54) is 10.9 Å². The lowest BCUT2D eigenvalue weighted by molar-refractivity contribution is 0.0949. The molecule has 0 fully saturated rings. The van der Waals surface area contributed by atoms with Gasteiger partial charge in [0.15, 0.2) is 17.2 Å². The fourth-order valence-electron chi connectivity index (χ4n) is 2.98. The average molecular weight is 378 g/mol. The highest BCUT2D eigenvalue weighted by molar-refractivity contribution is 6.04. The van der Waals surface area contributed by atoms with Gasteiger partial charge in [-0.3, -0.25) is 9.59 Å². The molecule has 1 aliphatic rings. The maximum atomic E-state index is 12.6. The monoisotopic (exact) mass is 378 g/mol. The van der Waals surface area contributed by atoms with Gasteiger partial charge in [-0.05, 0) is 36.8 Å². The number of amides is 1. The van der Waals surface area contributed by atoms with Crippen LogP contribution in [0.3, 0.4) is 0 Å². The maximum absolute atomic E-state index is 12.6. The summed E-state index contributed by atoms with van der Waals surface area (Å²) in [5.41, 5.74) is 3.14. The van der Waals surface area contributed by atoms with Gasteiger partial charge in [-0.25, -0.2) is 10.1 Å². The fourth-order valence-corrected chi connectivity index (χ4v) is 2.98. The van der Waals surface area contributed by atoms with Crippen LogP contribution in [0.1, 0.15) is 23.0 Å². The van der Waals surface area contributed by atoms with Gasteiger partial charge < -0.3 is 9.47 Å². The van der Waals surface area contributed by atoms with Gasteiger partial charge in [-0.2, -0.15) is 10.2 Å². The van der Waals surface area contributed by atoms with E-state index in [1.807, 2.05) is 6.07 Å². The number of benzene rings is 2. The molecule has 1 N–H and O–H groups in total. The van der Waals surface area contributed by atoms with E-state index in [-0.39, 0.29) is 11.3 Å². The maximum Gasteiger partial charge on any atom is 0.292 e. The fraction of sp³-hybridized carbons (Fsp3) is 0.200.